The zero-order chi connectivity index (χ0) is 13.5. The Labute approximate surface area is 110 Å². The lowest BCUT2D eigenvalue weighted by molar-refractivity contribution is 0.247. The van der Waals surface area contributed by atoms with Crippen molar-refractivity contribution in [2.45, 2.75) is 13.3 Å². The van der Waals surface area contributed by atoms with Gasteiger partial charge in [-0.05, 0) is 51.7 Å². The fourth-order valence-electron chi connectivity index (χ4n) is 1.82. The molecule has 0 bridgehead atoms. The summed E-state index contributed by atoms with van der Waals surface area (Å²) in [6, 6.07) is 7.96. The summed E-state index contributed by atoms with van der Waals surface area (Å²) < 4.78 is 0. The molecule has 4 nitrogen and oxygen atoms in total. The maximum absolute atomic E-state index is 11.9. The van der Waals surface area contributed by atoms with Crippen LogP contribution in [0.3, 0.4) is 0 Å². The van der Waals surface area contributed by atoms with Crippen molar-refractivity contribution in [2.24, 2.45) is 0 Å². The number of benzene rings is 1. The highest BCUT2D eigenvalue weighted by Crippen LogP contribution is 2.16. The molecule has 0 radical (unpaired) electrons. The number of hydrogen-bond donors (Lipinski definition) is 1. The lowest BCUT2D eigenvalue weighted by Crippen LogP contribution is -2.39. The molecule has 18 heavy (non-hydrogen) atoms. The van der Waals surface area contributed by atoms with Crippen molar-refractivity contribution < 1.29 is 4.79 Å². The number of nitrogens with zero attached hydrogens (tertiary/aromatic N) is 2. The molecule has 1 aromatic rings. The number of carbonyl (C=O) groups is 1. The first-order valence-electron chi connectivity index (χ1n) is 6.25. The molecule has 100 valence electrons. The Kier molecular flexibility index (Phi) is 5.65. The predicted molar refractivity (Wildman–Crippen MR) is 76.2 cm³/mol. The van der Waals surface area contributed by atoms with Gasteiger partial charge in [-0.1, -0.05) is 12.1 Å². The second-order valence-corrected chi connectivity index (χ2v) is 4.70. The molecule has 0 aromatic heterocycles. The topological polar surface area (TPSA) is 35.6 Å². The molecule has 1 aromatic carbocycles. The number of urea groups is 1. The van der Waals surface area contributed by atoms with Gasteiger partial charge in [0.15, 0.2) is 0 Å². The van der Waals surface area contributed by atoms with Crippen LogP contribution >= 0.6 is 0 Å². The van der Waals surface area contributed by atoms with Crippen molar-refractivity contribution in [2.75, 3.05) is 39.1 Å². The van der Waals surface area contributed by atoms with Crippen molar-refractivity contribution in [3.05, 3.63) is 29.8 Å². The fraction of sp³-hybridized carbons (Fsp3) is 0.500. The van der Waals surface area contributed by atoms with E-state index in [9.17, 15) is 4.79 Å². The highest BCUT2D eigenvalue weighted by molar-refractivity contribution is 5.91. The second kappa shape index (κ2) is 7.01. The quantitative estimate of drug-likeness (QED) is 0.867. The van der Waals surface area contributed by atoms with Crippen molar-refractivity contribution >= 4 is 11.7 Å². The van der Waals surface area contributed by atoms with Crippen LogP contribution in [0.15, 0.2) is 24.3 Å². The van der Waals surface area contributed by atoms with E-state index in [4.69, 9.17) is 0 Å². The summed E-state index contributed by atoms with van der Waals surface area (Å²) in [5.41, 5.74) is 2.11. The van der Waals surface area contributed by atoms with Gasteiger partial charge in [-0.3, -0.25) is 4.90 Å². The number of aryl methyl sites for hydroxylation is 1. The normalized spacial score (nSPS) is 10.5. The molecule has 0 saturated carbocycles. The number of anilines is 1. The van der Waals surface area contributed by atoms with Gasteiger partial charge in [0.2, 0.25) is 0 Å². The second-order valence-electron chi connectivity index (χ2n) is 4.70. The van der Waals surface area contributed by atoms with Gasteiger partial charge in [0.05, 0.1) is 0 Å². The maximum Gasteiger partial charge on any atom is 0.321 e. The summed E-state index contributed by atoms with van der Waals surface area (Å²) in [6.45, 7) is 3.73. The van der Waals surface area contributed by atoms with Crippen LogP contribution in [-0.4, -0.2) is 45.2 Å². The highest BCUT2D eigenvalue weighted by Gasteiger charge is 2.13. The van der Waals surface area contributed by atoms with Crippen LogP contribution in [0.4, 0.5) is 10.5 Å². The van der Waals surface area contributed by atoms with Crippen LogP contribution < -0.4 is 10.2 Å². The number of hydrogen-bond acceptors (Lipinski definition) is 2. The Morgan fingerprint density at radius 1 is 1.28 bits per heavy atom. The highest BCUT2D eigenvalue weighted by atomic mass is 16.2. The van der Waals surface area contributed by atoms with Crippen molar-refractivity contribution in [1.82, 2.24) is 10.2 Å². The Bertz CT molecular complexity index is 390. The monoisotopic (exact) mass is 249 g/mol. The molecule has 1 N–H and O–H groups in total. The van der Waals surface area contributed by atoms with Gasteiger partial charge in [-0.15, -0.1) is 0 Å². The van der Waals surface area contributed by atoms with E-state index in [0.29, 0.717) is 0 Å². The van der Waals surface area contributed by atoms with Crippen LogP contribution in [-0.2, 0) is 0 Å². The molecular formula is C14H23N3O. The van der Waals surface area contributed by atoms with Gasteiger partial charge in [0.25, 0.3) is 0 Å². The minimum Gasteiger partial charge on any atom is -0.341 e. The summed E-state index contributed by atoms with van der Waals surface area (Å²) in [6.07, 6.45) is 0.953. The molecule has 2 amide bonds. The van der Waals surface area contributed by atoms with E-state index in [0.717, 1.165) is 30.8 Å². The first-order valence-corrected chi connectivity index (χ1v) is 6.25. The molecule has 0 aliphatic heterocycles. The van der Waals surface area contributed by atoms with Crippen molar-refractivity contribution in [1.29, 1.82) is 0 Å². The van der Waals surface area contributed by atoms with Crippen molar-refractivity contribution in [3.63, 3.8) is 0 Å². The molecular weight excluding hydrogens is 226 g/mol. The van der Waals surface area contributed by atoms with Crippen LogP contribution in [0, 0.1) is 6.92 Å². The molecule has 0 aliphatic carbocycles. The third-order valence-electron chi connectivity index (χ3n) is 2.76. The standard InChI is InChI=1S/C14H23N3O/c1-12-7-5-8-13(11-12)17(14(18)15-2)10-6-9-16(3)4/h5,7-8,11H,6,9-10H2,1-4H3,(H,15,18). The Hall–Kier alpha value is -1.55. The first-order chi connectivity index (χ1) is 8.54. The van der Waals surface area contributed by atoms with Crippen LogP contribution in [0.2, 0.25) is 0 Å². The van der Waals surface area contributed by atoms with E-state index in [1.54, 1.807) is 11.9 Å². The molecule has 0 heterocycles. The zero-order valence-electron chi connectivity index (χ0n) is 11.7. The van der Waals surface area contributed by atoms with Crippen LogP contribution in [0.25, 0.3) is 0 Å². The smallest absolute Gasteiger partial charge is 0.321 e. The van der Waals surface area contributed by atoms with Crippen molar-refractivity contribution in [3.8, 4) is 0 Å². The largest absolute Gasteiger partial charge is 0.341 e. The molecule has 0 aliphatic rings. The SMILES string of the molecule is CNC(=O)N(CCCN(C)C)c1cccc(C)c1. The van der Waals surface area contributed by atoms with Gasteiger partial charge >= 0.3 is 6.03 Å². The summed E-state index contributed by atoms with van der Waals surface area (Å²) in [5.74, 6) is 0. The third kappa shape index (κ3) is 4.37. The molecule has 0 spiro atoms. The number of carbonyl (C=O) groups excluding carboxylic acids is 1. The van der Waals surface area contributed by atoms with Crippen LogP contribution in [0.5, 0.6) is 0 Å². The summed E-state index contributed by atoms with van der Waals surface area (Å²) in [5, 5.41) is 2.69. The predicted octanol–water partition coefficient (Wildman–Crippen LogP) is 2.09. The van der Waals surface area contributed by atoms with Gasteiger partial charge in [-0.2, -0.15) is 0 Å². The first kappa shape index (κ1) is 14.5. The van der Waals surface area contributed by atoms with E-state index >= 15 is 0 Å². The maximum atomic E-state index is 11.9. The molecule has 0 unspecified atom stereocenters. The van der Waals surface area contributed by atoms with Gasteiger partial charge < -0.3 is 10.2 Å². The minimum absolute atomic E-state index is 0.0562. The Morgan fingerprint density at radius 3 is 2.56 bits per heavy atom. The average molecular weight is 249 g/mol. The van der Waals surface area contributed by atoms with E-state index in [1.807, 2.05) is 45.3 Å². The van der Waals surface area contributed by atoms with E-state index < -0.39 is 0 Å². The molecule has 0 atom stereocenters. The van der Waals surface area contributed by atoms with Gasteiger partial charge in [0, 0.05) is 19.3 Å². The number of amides is 2. The Morgan fingerprint density at radius 2 is 2.00 bits per heavy atom. The fourth-order valence-corrected chi connectivity index (χ4v) is 1.82. The summed E-state index contributed by atoms with van der Waals surface area (Å²) in [7, 11) is 5.74. The molecule has 0 fully saturated rings. The molecule has 4 heteroatoms. The van der Waals surface area contributed by atoms with E-state index in [-0.39, 0.29) is 6.03 Å². The van der Waals surface area contributed by atoms with Crippen LogP contribution in [0.1, 0.15) is 12.0 Å². The molecule has 1 rings (SSSR count). The third-order valence-corrected chi connectivity index (χ3v) is 2.76. The summed E-state index contributed by atoms with van der Waals surface area (Å²) in [4.78, 5) is 15.8. The molecule has 0 saturated heterocycles. The lowest BCUT2D eigenvalue weighted by atomic mass is 10.2. The zero-order valence-corrected chi connectivity index (χ0v) is 11.7. The van der Waals surface area contributed by atoms with Gasteiger partial charge in [-0.25, -0.2) is 4.79 Å². The average Bonchev–Trinajstić information content (AvgIpc) is 2.33. The lowest BCUT2D eigenvalue weighted by Gasteiger charge is -2.23. The minimum atomic E-state index is -0.0562. The summed E-state index contributed by atoms with van der Waals surface area (Å²) >= 11 is 0. The van der Waals surface area contributed by atoms with E-state index in [2.05, 4.69) is 10.2 Å². The number of rotatable bonds is 5. The van der Waals surface area contributed by atoms with E-state index in [1.165, 1.54) is 0 Å². The Balaban J connectivity index is 2.75. The number of nitrogens with one attached hydrogen (secondary N) is 1. The van der Waals surface area contributed by atoms with Gasteiger partial charge in [0.1, 0.15) is 0 Å².